The van der Waals surface area contributed by atoms with Gasteiger partial charge >= 0.3 is 0 Å². The predicted octanol–water partition coefficient (Wildman–Crippen LogP) is 2.46. The van der Waals surface area contributed by atoms with Crippen LogP contribution in [0, 0.1) is 0 Å². The highest BCUT2D eigenvalue weighted by atomic mass is 32.2. The van der Waals surface area contributed by atoms with Gasteiger partial charge in [-0.05, 0) is 25.0 Å². The van der Waals surface area contributed by atoms with Gasteiger partial charge in [-0.3, -0.25) is 4.79 Å². The summed E-state index contributed by atoms with van der Waals surface area (Å²) in [6.07, 6.45) is 3.64. The van der Waals surface area contributed by atoms with Crippen LogP contribution in [0.1, 0.15) is 45.7 Å². The Balaban J connectivity index is 1.76. The number of para-hydroxylation sites is 1. The van der Waals surface area contributed by atoms with Gasteiger partial charge in [0.1, 0.15) is 4.90 Å². The molecule has 8 heteroatoms. The summed E-state index contributed by atoms with van der Waals surface area (Å²) < 4.78 is 30.2. The van der Waals surface area contributed by atoms with Gasteiger partial charge in [-0.25, -0.2) is 17.8 Å². The lowest BCUT2D eigenvalue weighted by Crippen LogP contribution is -2.31. The minimum absolute atomic E-state index is 0.155. The van der Waals surface area contributed by atoms with Crippen LogP contribution in [0.4, 0.5) is 0 Å². The highest BCUT2D eigenvalue weighted by Gasteiger charge is 2.30. The van der Waals surface area contributed by atoms with Gasteiger partial charge in [-0.2, -0.15) is 5.10 Å². The first-order chi connectivity index (χ1) is 13.2. The van der Waals surface area contributed by atoms with Crippen LogP contribution >= 0.6 is 0 Å². The van der Waals surface area contributed by atoms with E-state index in [0.717, 1.165) is 18.7 Å². The quantitative estimate of drug-likeness (QED) is 0.719. The molecule has 0 atom stereocenters. The monoisotopic (exact) mass is 404 g/mol. The molecule has 1 amide bonds. The molecule has 1 aromatic carbocycles. The molecule has 2 heterocycles. The zero-order valence-electron chi connectivity index (χ0n) is 16.7. The first-order valence-electron chi connectivity index (χ1n) is 9.61. The van der Waals surface area contributed by atoms with Gasteiger partial charge in [-0.1, -0.05) is 39.0 Å². The third-order valence-electron chi connectivity index (χ3n) is 4.77. The van der Waals surface area contributed by atoms with E-state index in [1.807, 2.05) is 51.1 Å². The number of aromatic nitrogens is 2. The highest BCUT2D eigenvalue weighted by molar-refractivity contribution is 7.89. The number of rotatable bonds is 7. The zero-order chi connectivity index (χ0) is 20.4. The fraction of sp³-hybridized carbons (Fsp3) is 0.500. The molecule has 1 N–H and O–H groups in total. The number of likely N-dealkylation sites (tertiary alicyclic amines) is 1. The fourth-order valence-corrected chi connectivity index (χ4v) is 4.69. The van der Waals surface area contributed by atoms with Crippen LogP contribution in [-0.4, -0.2) is 48.6 Å². The molecule has 0 saturated carbocycles. The molecule has 1 saturated heterocycles. The average molecular weight is 405 g/mol. The van der Waals surface area contributed by atoms with Crippen molar-refractivity contribution in [2.45, 2.75) is 50.3 Å². The molecule has 0 unspecified atom stereocenters. The molecule has 152 valence electrons. The number of sulfonamides is 1. The van der Waals surface area contributed by atoms with Crippen LogP contribution in [0.5, 0.6) is 0 Å². The van der Waals surface area contributed by atoms with Crippen molar-refractivity contribution < 1.29 is 13.2 Å². The van der Waals surface area contributed by atoms with Gasteiger partial charge < -0.3 is 4.90 Å². The summed E-state index contributed by atoms with van der Waals surface area (Å²) in [5, 5.41) is 4.56. The maximum absolute atomic E-state index is 13.0. The number of nitrogens with one attached hydrogen (secondary N) is 1. The molecule has 1 fully saturated rings. The molecule has 0 radical (unpaired) electrons. The standard InChI is InChI=1S/C20H28N4O3S/c1-20(2,3)19-17(15-24(22-19)16-9-5-4-6-10-16)28(26,27)21-12-8-14-23-13-7-11-18(23)25/h4-6,9-10,15,21H,7-8,11-14H2,1-3H3. The second-order valence-corrected chi connectivity index (χ2v) is 9.84. The molecule has 0 spiro atoms. The predicted molar refractivity (Wildman–Crippen MR) is 108 cm³/mol. The summed E-state index contributed by atoms with van der Waals surface area (Å²) in [5.41, 5.74) is 0.909. The van der Waals surface area contributed by atoms with E-state index in [9.17, 15) is 13.2 Å². The third kappa shape index (κ3) is 4.62. The Morgan fingerprint density at radius 3 is 2.50 bits per heavy atom. The lowest BCUT2D eigenvalue weighted by Gasteiger charge is -2.18. The van der Waals surface area contributed by atoms with Gasteiger partial charge in [0, 0.05) is 31.5 Å². The molecule has 1 aliphatic heterocycles. The minimum atomic E-state index is -3.71. The summed E-state index contributed by atoms with van der Waals surface area (Å²) in [4.78, 5) is 13.6. The Morgan fingerprint density at radius 2 is 1.89 bits per heavy atom. The van der Waals surface area contributed by atoms with Crippen LogP contribution in [-0.2, 0) is 20.2 Å². The number of carbonyl (C=O) groups is 1. The van der Waals surface area contributed by atoms with Crippen molar-refractivity contribution in [2.75, 3.05) is 19.6 Å². The summed E-state index contributed by atoms with van der Waals surface area (Å²) in [6, 6.07) is 9.45. The van der Waals surface area contributed by atoms with E-state index < -0.39 is 15.4 Å². The largest absolute Gasteiger partial charge is 0.343 e. The maximum Gasteiger partial charge on any atom is 0.244 e. The fourth-order valence-electron chi connectivity index (χ4n) is 3.28. The van der Waals surface area contributed by atoms with Crippen molar-refractivity contribution in [3.8, 4) is 5.69 Å². The molecule has 28 heavy (non-hydrogen) atoms. The number of benzene rings is 1. The van der Waals surface area contributed by atoms with Crippen molar-refractivity contribution in [2.24, 2.45) is 0 Å². The molecule has 0 bridgehead atoms. The van der Waals surface area contributed by atoms with Crippen molar-refractivity contribution in [1.82, 2.24) is 19.4 Å². The van der Waals surface area contributed by atoms with E-state index >= 15 is 0 Å². The maximum atomic E-state index is 13.0. The van der Waals surface area contributed by atoms with E-state index in [2.05, 4.69) is 9.82 Å². The van der Waals surface area contributed by atoms with Crippen molar-refractivity contribution >= 4 is 15.9 Å². The molecular formula is C20H28N4O3S. The highest BCUT2D eigenvalue weighted by Crippen LogP contribution is 2.28. The van der Waals surface area contributed by atoms with E-state index in [1.165, 1.54) is 0 Å². The molecule has 1 aliphatic rings. The summed E-state index contributed by atoms with van der Waals surface area (Å²) in [7, 11) is -3.71. The second-order valence-electron chi connectivity index (χ2n) is 8.11. The summed E-state index contributed by atoms with van der Waals surface area (Å²) in [6.45, 7) is 7.47. The number of hydrogen-bond donors (Lipinski definition) is 1. The molecule has 3 rings (SSSR count). The number of amides is 1. The molecule has 0 aliphatic carbocycles. The van der Waals surface area contributed by atoms with Gasteiger partial charge in [-0.15, -0.1) is 0 Å². The Bertz CT molecular complexity index is 930. The Morgan fingerprint density at radius 1 is 1.18 bits per heavy atom. The third-order valence-corrected chi connectivity index (χ3v) is 6.23. The molecular weight excluding hydrogens is 376 g/mol. The van der Waals surface area contributed by atoms with E-state index in [1.54, 1.807) is 15.8 Å². The molecule has 1 aromatic heterocycles. The van der Waals surface area contributed by atoms with Gasteiger partial charge in [0.05, 0.1) is 17.6 Å². The molecule has 7 nitrogen and oxygen atoms in total. The van der Waals surface area contributed by atoms with E-state index in [4.69, 9.17) is 0 Å². The SMILES string of the molecule is CC(C)(C)c1nn(-c2ccccc2)cc1S(=O)(=O)NCCCN1CCCC1=O. The summed E-state index contributed by atoms with van der Waals surface area (Å²) >= 11 is 0. The molecule has 2 aromatic rings. The lowest BCUT2D eigenvalue weighted by molar-refractivity contribution is -0.127. The van der Waals surface area contributed by atoms with Crippen LogP contribution in [0.3, 0.4) is 0 Å². The second kappa shape index (κ2) is 8.05. The van der Waals surface area contributed by atoms with E-state index in [-0.39, 0.29) is 17.3 Å². The zero-order valence-corrected chi connectivity index (χ0v) is 17.5. The van der Waals surface area contributed by atoms with Crippen LogP contribution in [0.25, 0.3) is 5.69 Å². The smallest absolute Gasteiger partial charge is 0.244 e. The van der Waals surface area contributed by atoms with Crippen LogP contribution < -0.4 is 4.72 Å². The summed E-state index contributed by atoms with van der Waals surface area (Å²) in [5.74, 6) is 0.155. The van der Waals surface area contributed by atoms with Gasteiger partial charge in [0.25, 0.3) is 0 Å². The van der Waals surface area contributed by atoms with Gasteiger partial charge in [0.15, 0.2) is 0 Å². The Labute approximate surface area is 166 Å². The Hall–Kier alpha value is -2.19. The van der Waals surface area contributed by atoms with Crippen molar-refractivity contribution in [3.63, 3.8) is 0 Å². The number of nitrogens with zero attached hydrogens (tertiary/aromatic N) is 3. The van der Waals surface area contributed by atoms with Crippen molar-refractivity contribution in [3.05, 3.63) is 42.2 Å². The normalized spacial score (nSPS) is 15.4. The van der Waals surface area contributed by atoms with Crippen LogP contribution in [0.2, 0.25) is 0 Å². The number of carbonyl (C=O) groups excluding carboxylic acids is 1. The first-order valence-corrected chi connectivity index (χ1v) is 11.1. The van der Waals surface area contributed by atoms with Crippen LogP contribution in [0.15, 0.2) is 41.4 Å². The Kier molecular flexibility index (Phi) is 5.90. The minimum Gasteiger partial charge on any atom is -0.343 e. The topological polar surface area (TPSA) is 84.3 Å². The lowest BCUT2D eigenvalue weighted by atomic mass is 9.92. The average Bonchev–Trinajstić information content (AvgIpc) is 3.26. The van der Waals surface area contributed by atoms with Gasteiger partial charge in [0.2, 0.25) is 15.9 Å². The first kappa shape index (κ1) is 20.5. The van der Waals surface area contributed by atoms with E-state index in [0.29, 0.717) is 25.1 Å². The number of hydrogen-bond acceptors (Lipinski definition) is 4. The van der Waals surface area contributed by atoms with Crippen molar-refractivity contribution in [1.29, 1.82) is 0 Å².